The fourth-order valence-electron chi connectivity index (χ4n) is 1.35. The number of halogens is 2. The fraction of sp³-hybridized carbons (Fsp3) is 0. The summed E-state index contributed by atoms with van der Waals surface area (Å²) in [4.78, 5) is 22.9. The number of urea groups is 1. The second-order valence-electron chi connectivity index (χ2n) is 3.48. The lowest BCUT2D eigenvalue weighted by molar-refractivity contribution is 0.0698. The van der Waals surface area contributed by atoms with Crippen molar-refractivity contribution in [3.05, 3.63) is 33.9 Å². The van der Waals surface area contributed by atoms with Crippen molar-refractivity contribution in [1.29, 1.82) is 0 Å². The van der Waals surface area contributed by atoms with Gasteiger partial charge in [0.1, 0.15) is 5.00 Å². The monoisotopic (exact) mass is 332 g/mol. The molecule has 104 valence electrons. The van der Waals surface area contributed by atoms with Gasteiger partial charge in [-0.3, -0.25) is 5.32 Å². The van der Waals surface area contributed by atoms with E-state index in [0.29, 0.717) is 5.00 Å². The van der Waals surface area contributed by atoms with Crippen LogP contribution < -0.4 is 10.6 Å². The smallest absolute Gasteiger partial charge is 0.337 e. The maximum absolute atomic E-state index is 11.7. The molecule has 0 aliphatic rings. The molecule has 3 N–H and O–H groups in total. The van der Waals surface area contributed by atoms with E-state index in [1.165, 1.54) is 18.3 Å². The minimum Gasteiger partial charge on any atom is -0.478 e. The van der Waals surface area contributed by atoms with Crippen LogP contribution in [0.5, 0.6) is 0 Å². The number of aromatic nitrogens is 2. The number of carbonyl (C=O) groups is 2. The Balaban J connectivity index is 2.24. The van der Waals surface area contributed by atoms with Gasteiger partial charge < -0.3 is 10.4 Å². The zero-order valence-corrected chi connectivity index (χ0v) is 11.9. The zero-order valence-electron chi connectivity index (χ0n) is 9.55. The standard InChI is InChI=1S/C10H6Cl2N4O3S/c11-4-1-5(9(17)18)8(6(12)2-4)15-10(19)14-7-3-13-16-20-7/h1-3H,(H,17,18)(H2,14,15,19). The van der Waals surface area contributed by atoms with Gasteiger partial charge in [-0.1, -0.05) is 27.7 Å². The van der Waals surface area contributed by atoms with Gasteiger partial charge in [-0.2, -0.15) is 0 Å². The minimum absolute atomic E-state index is 0.0208. The Hall–Kier alpha value is -1.90. The summed E-state index contributed by atoms with van der Waals surface area (Å²) in [6, 6.07) is 1.86. The third-order valence-electron chi connectivity index (χ3n) is 2.12. The number of nitrogens with zero attached hydrogens (tertiary/aromatic N) is 2. The molecule has 0 saturated carbocycles. The van der Waals surface area contributed by atoms with E-state index in [-0.39, 0.29) is 21.3 Å². The first-order valence-electron chi connectivity index (χ1n) is 5.05. The van der Waals surface area contributed by atoms with Crippen molar-refractivity contribution in [1.82, 2.24) is 9.59 Å². The van der Waals surface area contributed by atoms with Crippen LogP contribution in [0.2, 0.25) is 10.0 Å². The molecule has 0 fully saturated rings. The summed E-state index contributed by atoms with van der Waals surface area (Å²) >= 11 is 12.6. The van der Waals surface area contributed by atoms with E-state index in [2.05, 4.69) is 20.2 Å². The van der Waals surface area contributed by atoms with Gasteiger partial charge in [0.25, 0.3) is 0 Å². The molecule has 0 spiro atoms. The van der Waals surface area contributed by atoms with E-state index in [9.17, 15) is 9.59 Å². The van der Waals surface area contributed by atoms with Crippen LogP contribution in [0.25, 0.3) is 0 Å². The summed E-state index contributed by atoms with van der Waals surface area (Å²) in [5, 5.41) is 18.0. The predicted molar refractivity (Wildman–Crippen MR) is 76.0 cm³/mol. The Kier molecular flexibility index (Phi) is 4.38. The summed E-state index contributed by atoms with van der Waals surface area (Å²) in [7, 11) is 0. The molecule has 0 radical (unpaired) electrons. The molecule has 0 aliphatic carbocycles. The van der Waals surface area contributed by atoms with E-state index in [1.807, 2.05) is 0 Å². The number of aromatic carboxylic acids is 1. The Labute approximate surface area is 126 Å². The number of amides is 2. The number of anilines is 2. The second kappa shape index (κ2) is 6.04. The molecule has 1 aromatic carbocycles. The third kappa shape index (κ3) is 3.35. The Morgan fingerprint density at radius 2 is 2.00 bits per heavy atom. The molecule has 7 nitrogen and oxygen atoms in total. The van der Waals surface area contributed by atoms with Crippen LogP contribution in [-0.2, 0) is 0 Å². The van der Waals surface area contributed by atoms with Gasteiger partial charge >= 0.3 is 12.0 Å². The lowest BCUT2D eigenvalue weighted by Crippen LogP contribution is -2.20. The summed E-state index contributed by atoms with van der Waals surface area (Å²) in [6.45, 7) is 0. The summed E-state index contributed by atoms with van der Waals surface area (Å²) in [5.41, 5.74) is -0.251. The first-order chi connectivity index (χ1) is 9.47. The summed E-state index contributed by atoms with van der Waals surface area (Å²) in [6.07, 6.45) is 1.35. The van der Waals surface area contributed by atoms with Gasteiger partial charge in [-0.25, -0.2) is 9.59 Å². The van der Waals surface area contributed by atoms with E-state index in [0.717, 1.165) is 11.5 Å². The summed E-state index contributed by atoms with van der Waals surface area (Å²) in [5.74, 6) is -1.26. The molecular formula is C10H6Cl2N4O3S. The van der Waals surface area contributed by atoms with Crippen LogP contribution in [0, 0.1) is 0 Å². The number of hydrogen-bond acceptors (Lipinski definition) is 5. The van der Waals surface area contributed by atoms with E-state index in [4.69, 9.17) is 28.3 Å². The topological polar surface area (TPSA) is 104 Å². The van der Waals surface area contributed by atoms with Crippen LogP contribution in [0.1, 0.15) is 10.4 Å². The minimum atomic E-state index is -1.26. The number of carboxylic acid groups (broad SMARTS) is 1. The molecule has 0 saturated heterocycles. The Morgan fingerprint density at radius 1 is 1.25 bits per heavy atom. The molecule has 1 aromatic heterocycles. The van der Waals surface area contributed by atoms with Gasteiger partial charge in [0.05, 0.1) is 22.5 Å². The molecule has 0 atom stereocenters. The second-order valence-corrected chi connectivity index (χ2v) is 5.11. The quantitative estimate of drug-likeness (QED) is 0.800. The van der Waals surface area contributed by atoms with Gasteiger partial charge in [-0.15, -0.1) is 5.10 Å². The molecule has 10 heteroatoms. The van der Waals surface area contributed by atoms with Crippen LogP contribution in [0.4, 0.5) is 15.5 Å². The number of nitrogens with one attached hydrogen (secondary N) is 2. The first-order valence-corrected chi connectivity index (χ1v) is 6.58. The van der Waals surface area contributed by atoms with Crippen molar-refractivity contribution >= 4 is 57.4 Å². The number of carbonyl (C=O) groups excluding carboxylic acids is 1. The molecule has 2 aromatic rings. The Bertz CT molecular complexity index is 663. The normalized spacial score (nSPS) is 10.1. The predicted octanol–water partition coefficient (Wildman–Crippen LogP) is 3.19. The van der Waals surface area contributed by atoms with E-state index in [1.54, 1.807) is 0 Å². The van der Waals surface area contributed by atoms with Crippen LogP contribution in [-0.4, -0.2) is 26.7 Å². The largest absolute Gasteiger partial charge is 0.478 e. The molecule has 2 amide bonds. The van der Waals surface area contributed by atoms with Crippen molar-refractivity contribution in [2.45, 2.75) is 0 Å². The third-order valence-corrected chi connectivity index (χ3v) is 3.22. The lowest BCUT2D eigenvalue weighted by atomic mass is 10.2. The maximum atomic E-state index is 11.7. The fourth-order valence-corrected chi connectivity index (χ4v) is 2.30. The average Bonchev–Trinajstić information content (AvgIpc) is 2.84. The van der Waals surface area contributed by atoms with Gasteiger partial charge in [0.2, 0.25) is 0 Å². The average molecular weight is 333 g/mol. The first kappa shape index (κ1) is 14.5. The number of benzene rings is 1. The Morgan fingerprint density at radius 3 is 2.60 bits per heavy atom. The highest BCUT2D eigenvalue weighted by molar-refractivity contribution is 7.10. The van der Waals surface area contributed by atoms with Crippen molar-refractivity contribution in [3.8, 4) is 0 Å². The highest BCUT2D eigenvalue weighted by atomic mass is 35.5. The van der Waals surface area contributed by atoms with Crippen LogP contribution in [0.3, 0.4) is 0 Å². The van der Waals surface area contributed by atoms with Crippen LogP contribution >= 0.6 is 34.7 Å². The van der Waals surface area contributed by atoms with Gasteiger partial charge in [-0.05, 0) is 12.1 Å². The van der Waals surface area contributed by atoms with Crippen molar-refractivity contribution in [3.63, 3.8) is 0 Å². The van der Waals surface area contributed by atoms with Gasteiger partial charge in [0, 0.05) is 16.6 Å². The molecule has 0 bridgehead atoms. The van der Waals surface area contributed by atoms with Crippen molar-refractivity contribution < 1.29 is 14.7 Å². The van der Waals surface area contributed by atoms with E-state index < -0.39 is 12.0 Å². The van der Waals surface area contributed by atoms with E-state index >= 15 is 0 Å². The number of hydrogen-bond donors (Lipinski definition) is 3. The molecule has 0 unspecified atom stereocenters. The van der Waals surface area contributed by atoms with Gasteiger partial charge in [0.15, 0.2) is 0 Å². The highest BCUT2D eigenvalue weighted by Crippen LogP contribution is 2.30. The van der Waals surface area contributed by atoms with Crippen molar-refractivity contribution in [2.24, 2.45) is 0 Å². The molecule has 1 heterocycles. The molecule has 20 heavy (non-hydrogen) atoms. The SMILES string of the molecule is O=C(Nc1cnns1)Nc1c(Cl)cc(Cl)cc1C(=O)O. The van der Waals surface area contributed by atoms with Crippen molar-refractivity contribution in [2.75, 3.05) is 10.6 Å². The number of carboxylic acids is 1. The molecule has 2 rings (SSSR count). The number of rotatable bonds is 3. The maximum Gasteiger partial charge on any atom is 0.337 e. The highest BCUT2D eigenvalue weighted by Gasteiger charge is 2.17. The summed E-state index contributed by atoms with van der Waals surface area (Å²) < 4.78 is 3.57. The molecule has 0 aliphatic heterocycles. The zero-order chi connectivity index (χ0) is 14.7. The molecular weight excluding hydrogens is 327 g/mol. The van der Waals surface area contributed by atoms with Crippen LogP contribution in [0.15, 0.2) is 18.3 Å². The lowest BCUT2D eigenvalue weighted by Gasteiger charge is -2.11.